The van der Waals surface area contributed by atoms with Gasteiger partial charge in [0.05, 0.1) is 58.4 Å². The average molecular weight is 1090 g/mol. The van der Waals surface area contributed by atoms with E-state index in [-0.39, 0.29) is 11.4 Å². The molecule has 2 N–H and O–H groups in total. The van der Waals surface area contributed by atoms with Crippen molar-refractivity contribution >= 4 is 20.1 Å². The molecule has 76 heavy (non-hydrogen) atoms. The summed E-state index contributed by atoms with van der Waals surface area (Å²) in [6.45, 7) is 13.3. The number of para-hydroxylation sites is 2. The molecule has 0 spiro atoms. The zero-order valence-electron chi connectivity index (χ0n) is 42.8. The van der Waals surface area contributed by atoms with Gasteiger partial charge in [-0.05, 0) is 64.6 Å². The number of benzene rings is 6. The molecule has 1 aliphatic heterocycles. The number of esters is 1. The smallest absolute Gasteiger partial charge is 0.162 e. The molecule has 0 radical (unpaired) electrons. The molecule has 412 valence electrons. The summed E-state index contributed by atoms with van der Waals surface area (Å²) < 4.78 is 110. The number of carbonyl (C=O) groups excluding carboxylic acids is 2. The minimum atomic E-state index is -10.7. The minimum absolute atomic E-state index is 0.174. The summed E-state index contributed by atoms with van der Waals surface area (Å²) in [6, 6.07) is 48.9. The second-order valence-corrected chi connectivity index (χ2v) is 19.9. The number of hydrogen-bond donors (Lipinski definition) is 1. The van der Waals surface area contributed by atoms with Gasteiger partial charge in [0, 0.05) is 16.7 Å². The SMILES string of the molecule is CC(C)(C)c1ccc(C[NH2+]Cc2ccc(C(=O)OC(c3ccccc3)c3ccccc3)cc2)cc1.F[P-](F)(F)(F)(F)F.O=Cc1ccc2c(c1)OCCOCCOCCOc1ccccc1OCCOCCOCCO2. The number of carbonyl (C=O) groups is 2. The van der Waals surface area contributed by atoms with Gasteiger partial charge in [-0.2, -0.15) is 0 Å². The van der Waals surface area contributed by atoms with Crippen LogP contribution in [0, 0.1) is 0 Å². The van der Waals surface area contributed by atoms with Crippen molar-refractivity contribution in [2.24, 2.45) is 0 Å². The van der Waals surface area contributed by atoms with E-state index in [0.717, 1.165) is 30.5 Å². The van der Waals surface area contributed by atoms with E-state index in [1.54, 1.807) is 18.2 Å². The van der Waals surface area contributed by atoms with E-state index in [4.69, 9.17) is 42.6 Å². The van der Waals surface area contributed by atoms with Gasteiger partial charge in [-0.15, -0.1) is 0 Å². The van der Waals surface area contributed by atoms with Crippen LogP contribution in [0.3, 0.4) is 0 Å². The third kappa shape index (κ3) is 24.9. The third-order valence-electron chi connectivity index (χ3n) is 10.8. The van der Waals surface area contributed by atoms with Gasteiger partial charge in [-0.3, -0.25) is 4.79 Å². The zero-order chi connectivity index (χ0) is 54.8. The van der Waals surface area contributed by atoms with Crippen LogP contribution < -0.4 is 24.3 Å². The maximum atomic E-state index is 13.0. The van der Waals surface area contributed by atoms with Crippen LogP contribution in [0.1, 0.15) is 75.4 Å². The molecule has 0 aromatic heterocycles. The van der Waals surface area contributed by atoms with Gasteiger partial charge in [0.25, 0.3) is 0 Å². The second kappa shape index (κ2) is 29.1. The Bertz CT molecular complexity index is 2590. The summed E-state index contributed by atoms with van der Waals surface area (Å²) in [6.07, 6.45) is 0.322. The van der Waals surface area contributed by atoms with Crippen molar-refractivity contribution in [3.05, 3.63) is 191 Å². The Hall–Kier alpha value is -6.53. The quantitative estimate of drug-likeness (QED) is 0.0642. The van der Waals surface area contributed by atoms with Crippen LogP contribution in [0.5, 0.6) is 23.0 Å². The van der Waals surface area contributed by atoms with Crippen LogP contribution in [0.4, 0.5) is 25.2 Å². The number of quaternary nitrogens is 1. The molecule has 0 atom stereocenters. The maximum Gasteiger partial charge on any atom is 0.162 e. The minimum Gasteiger partial charge on any atom is -0.487 e. The molecule has 0 unspecified atom stereocenters. The van der Waals surface area contributed by atoms with Gasteiger partial charge in [0.15, 0.2) is 29.1 Å². The Morgan fingerprint density at radius 2 is 0.882 bits per heavy atom. The number of aldehydes is 1. The van der Waals surface area contributed by atoms with Gasteiger partial charge < -0.3 is 47.9 Å². The van der Waals surface area contributed by atoms with E-state index >= 15 is 0 Å². The van der Waals surface area contributed by atoms with Crippen LogP contribution >= 0.6 is 7.81 Å². The van der Waals surface area contributed by atoms with Crippen LogP contribution in [-0.4, -0.2) is 91.5 Å². The molecule has 7 rings (SSSR count). The Labute approximate surface area is 439 Å². The third-order valence-corrected chi connectivity index (χ3v) is 10.8. The molecule has 0 amide bonds. The summed E-state index contributed by atoms with van der Waals surface area (Å²) in [4.78, 5) is 24.1. The molecule has 6 aromatic carbocycles. The Kier molecular flexibility index (Phi) is 23.1. The van der Waals surface area contributed by atoms with Crippen molar-refractivity contribution in [1.82, 2.24) is 0 Å². The first kappa shape index (κ1) is 60.3. The van der Waals surface area contributed by atoms with Crippen LogP contribution in [0.25, 0.3) is 0 Å². The number of ether oxygens (including phenoxy) is 9. The molecule has 0 bridgehead atoms. The first-order valence-corrected chi connectivity index (χ1v) is 26.6. The molecular formula is C57H66F6NO11P. The Morgan fingerprint density at radius 3 is 1.29 bits per heavy atom. The maximum absolute atomic E-state index is 13.0. The molecule has 19 heteroatoms. The van der Waals surface area contributed by atoms with Crippen LogP contribution in [0.2, 0.25) is 0 Å². The first-order chi connectivity index (χ1) is 36.2. The van der Waals surface area contributed by atoms with E-state index in [0.29, 0.717) is 113 Å². The predicted molar refractivity (Wildman–Crippen MR) is 278 cm³/mol. The van der Waals surface area contributed by atoms with Crippen molar-refractivity contribution in [1.29, 1.82) is 0 Å². The number of hydrogen-bond acceptors (Lipinski definition) is 11. The van der Waals surface area contributed by atoms with E-state index in [1.807, 2.05) is 109 Å². The van der Waals surface area contributed by atoms with E-state index in [2.05, 4.69) is 50.4 Å². The first-order valence-electron chi connectivity index (χ1n) is 24.6. The van der Waals surface area contributed by atoms with E-state index in [9.17, 15) is 34.8 Å². The standard InChI is InChI=1S/C32H33NO2.C25H32O9.F6P/c1-32(2,3)29-20-16-25(17-21-29)23-33-22-24-14-18-28(19-15-24)31(34)35-30(26-10-6-4-7-11-26)27-12-8-5-9-13-27;26-20-21-5-6-24-25(19-21)34-18-14-30-10-9-28-12-16-32-23-4-2-1-3-22(23)31-15-11-27-7-8-29-13-17-33-24;1-7(2,3,4,5)6/h4-21,30,33H,22-23H2,1-3H3;1-6,19-20H,7-18H2;/q;;-1/p+1. The van der Waals surface area contributed by atoms with Crippen LogP contribution in [-0.2, 0) is 42.2 Å². The van der Waals surface area contributed by atoms with Gasteiger partial charge >= 0.3 is 39.0 Å². The Morgan fingerprint density at radius 1 is 0.513 bits per heavy atom. The van der Waals surface area contributed by atoms with Crippen molar-refractivity contribution in [3.63, 3.8) is 0 Å². The van der Waals surface area contributed by atoms with Gasteiger partial charge in [0.1, 0.15) is 45.8 Å². The van der Waals surface area contributed by atoms with Crippen LogP contribution in [0.15, 0.2) is 152 Å². The fourth-order valence-corrected chi connectivity index (χ4v) is 7.09. The summed E-state index contributed by atoms with van der Waals surface area (Å²) in [5, 5.41) is 2.28. The topological polar surface area (TPSA) is 134 Å². The number of fused-ring (bicyclic) bond motifs is 2. The molecule has 0 saturated heterocycles. The number of halogens is 6. The molecule has 0 saturated carbocycles. The average Bonchev–Trinajstić information content (AvgIpc) is 3.39. The second-order valence-electron chi connectivity index (χ2n) is 18.0. The van der Waals surface area contributed by atoms with Gasteiger partial charge in [0.2, 0.25) is 0 Å². The zero-order valence-corrected chi connectivity index (χ0v) is 43.7. The summed E-state index contributed by atoms with van der Waals surface area (Å²) in [5.74, 6) is 2.03. The predicted octanol–water partition coefficient (Wildman–Crippen LogP) is 12.4. The molecular weight excluding hydrogens is 1020 g/mol. The summed E-state index contributed by atoms with van der Waals surface area (Å²) in [7, 11) is -10.7. The largest absolute Gasteiger partial charge is 0.487 e. The molecule has 1 heterocycles. The Balaban J connectivity index is 0.000000249. The van der Waals surface area contributed by atoms with Gasteiger partial charge in [-0.25, -0.2) is 4.79 Å². The van der Waals surface area contributed by atoms with E-state index in [1.165, 1.54) is 16.7 Å². The molecule has 0 aliphatic carbocycles. The molecule has 0 fully saturated rings. The van der Waals surface area contributed by atoms with Crippen molar-refractivity contribution in [3.8, 4) is 23.0 Å². The summed E-state index contributed by atoms with van der Waals surface area (Å²) >= 11 is 0. The molecule has 1 aliphatic rings. The van der Waals surface area contributed by atoms with Gasteiger partial charge in [-0.1, -0.05) is 130 Å². The van der Waals surface area contributed by atoms with E-state index < -0.39 is 13.9 Å². The molecule has 12 nitrogen and oxygen atoms in total. The fraction of sp³-hybridized carbons (Fsp3) is 0.333. The monoisotopic (exact) mass is 1090 g/mol. The van der Waals surface area contributed by atoms with Crippen molar-refractivity contribution < 1.29 is 82.7 Å². The summed E-state index contributed by atoms with van der Waals surface area (Å²) in [5.41, 5.74) is 6.98. The van der Waals surface area contributed by atoms with Crippen molar-refractivity contribution in [2.75, 3.05) is 79.3 Å². The molecule has 6 aromatic rings. The van der Waals surface area contributed by atoms with Crippen molar-refractivity contribution in [2.45, 2.75) is 45.4 Å². The number of rotatable bonds is 9. The fourth-order valence-electron chi connectivity index (χ4n) is 7.09. The normalized spacial score (nSPS) is 15.3. The number of nitrogens with two attached hydrogens (primary N) is 1.